The van der Waals surface area contributed by atoms with Crippen LogP contribution in [0.3, 0.4) is 0 Å². The number of rotatable bonds is 11. The van der Waals surface area contributed by atoms with Gasteiger partial charge in [-0.05, 0) is 63.6 Å². The summed E-state index contributed by atoms with van der Waals surface area (Å²) in [5, 5.41) is 0.688. The van der Waals surface area contributed by atoms with Crippen molar-refractivity contribution >= 4 is 52.6 Å². The van der Waals surface area contributed by atoms with Crippen LogP contribution < -0.4 is 29.1 Å². The van der Waals surface area contributed by atoms with Crippen LogP contribution in [0.4, 0.5) is 0 Å². The number of nitrogens with zero attached hydrogens (tertiary/aromatic N) is 2. The Morgan fingerprint density at radius 1 is 1.02 bits per heavy atom. The lowest BCUT2D eigenvalue weighted by molar-refractivity contribution is -0.143. The van der Waals surface area contributed by atoms with Crippen molar-refractivity contribution in [2.24, 2.45) is 4.99 Å². The van der Waals surface area contributed by atoms with Crippen LogP contribution in [0.15, 0.2) is 51.4 Å². The number of ether oxygens (including phenoxy) is 5. The van der Waals surface area contributed by atoms with Crippen LogP contribution in [0, 0.1) is 0 Å². The van der Waals surface area contributed by atoms with Gasteiger partial charge >= 0.3 is 11.9 Å². The summed E-state index contributed by atoms with van der Waals surface area (Å²) in [6.45, 7) is 7.47. The van der Waals surface area contributed by atoms with Gasteiger partial charge in [-0.25, -0.2) is 14.6 Å². The lowest BCUT2D eigenvalue weighted by Gasteiger charge is -2.25. The molecule has 1 aromatic heterocycles. The Bertz CT molecular complexity index is 1760. The lowest BCUT2D eigenvalue weighted by atomic mass is 9.95. The number of halogens is 2. The summed E-state index contributed by atoms with van der Waals surface area (Å²) in [5.41, 5.74) is 1.27. The van der Waals surface area contributed by atoms with Crippen LogP contribution >= 0.6 is 34.5 Å². The van der Waals surface area contributed by atoms with Crippen molar-refractivity contribution in [1.82, 2.24) is 4.57 Å². The summed E-state index contributed by atoms with van der Waals surface area (Å²) in [4.78, 5) is 44.0. The first kappa shape index (κ1) is 32.1. The molecular formula is C30H30Cl2N2O8S. The number of hydrogen-bond donors (Lipinski definition) is 0. The summed E-state index contributed by atoms with van der Waals surface area (Å²) in [7, 11) is 1.26. The first-order chi connectivity index (χ1) is 20.6. The first-order valence-corrected chi connectivity index (χ1v) is 15.0. The third-order valence-corrected chi connectivity index (χ3v) is 7.77. The summed E-state index contributed by atoms with van der Waals surface area (Å²) in [6, 6.07) is 7.29. The Hall–Kier alpha value is -3.80. The van der Waals surface area contributed by atoms with Gasteiger partial charge in [0.1, 0.15) is 5.75 Å². The van der Waals surface area contributed by atoms with Crippen LogP contribution in [0.5, 0.6) is 17.2 Å². The summed E-state index contributed by atoms with van der Waals surface area (Å²) < 4.78 is 29.0. The highest BCUT2D eigenvalue weighted by molar-refractivity contribution is 7.07. The standard InChI is InChI=1S/C30H30Cl2N2O8S/c1-6-39-22-12-17(9-10-21(22)42-15-24(35)38-5)26-25(29(37)41-8-3)16(4)33-30-34(26)28(36)23(43-30)13-18-11-19(31)14-20(32)27(18)40-7-2/h9-14,26H,6-8,15H2,1-5H3/b23-13+/t26-/m0/s1. The highest BCUT2D eigenvalue weighted by Crippen LogP contribution is 2.37. The van der Waals surface area contributed by atoms with Crippen molar-refractivity contribution in [3.63, 3.8) is 0 Å². The van der Waals surface area contributed by atoms with E-state index in [-0.39, 0.29) is 18.8 Å². The molecule has 0 N–H and O–H groups in total. The number of aromatic nitrogens is 1. The van der Waals surface area contributed by atoms with Gasteiger partial charge in [-0.3, -0.25) is 9.36 Å². The average Bonchev–Trinajstić information content (AvgIpc) is 3.27. The predicted octanol–water partition coefficient (Wildman–Crippen LogP) is 4.45. The molecule has 4 rings (SSSR count). The SMILES string of the molecule is CCOC(=O)C1=C(C)N=c2s/c(=C/c3cc(Cl)cc(Cl)c3OCC)c(=O)n2[C@H]1c1ccc(OCC(=O)OC)c(OCC)c1. The fourth-order valence-corrected chi connectivity index (χ4v) is 6.11. The number of benzene rings is 2. The molecule has 0 radical (unpaired) electrons. The van der Waals surface area contributed by atoms with Gasteiger partial charge in [0.15, 0.2) is 22.9 Å². The molecule has 2 heterocycles. The molecular weight excluding hydrogens is 619 g/mol. The second-order valence-corrected chi connectivity index (χ2v) is 10.9. The fraction of sp³-hybridized carbons (Fsp3) is 0.333. The van der Waals surface area contributed by atoms with Crippen LogP contribution in [0.2, 0.25) is 10.0 Å². The molecule has 2 aromatic carbocycles. The van der Waals surface area contributed by atoms with E-state index in [4.69, 9.17) is 42.1 Å². The van der Waals surface area contributed by atoms with Crippen LogP contribution in [-0.4, -0.2) is 50.0 Å². The van der Waals surface area contributed by atoms with Gasteiger partial charge in [0.25, 0.3) is 5.56 Å². The predicted molar refractivity (Wildman–Crippen MR) is 163 cm³/mol. The molecule has 1 aliphatic rings. The van der Waals surface area contributed by atoms with Crippen molar-refractivity contribution in [3.05, 3.63) is 82.5 Å². The minimum atomic E-state index is -0.902. The van der Waals surface area contributed by atoms with E-state index in [9.17, 15) is 14.4 Å². The minimum Gasteiger partial charge on any atom is -0.492 e. The van der Waals surface area contributed by atoms with E-state index in [0.29, 0.717) is 66.7 Å². The Morgan fingerprint density at radius 3 is 2.44 bits per heavy atom. The smallest absolute Gasteiger partial charge is 0.343 e. The number of methoxy groups -OCH3 is 1. The van der Waals surface area contributed by atoms with Gasteiger partial charge in [-0.2, -0.15) is 0 Å². The molecule has 0 saturated carbocycles. The molecule has 43 heavy (non-hydrogen) atoms. The maximum absolute atomic E-state index is 14.1. The molecule has 0 saturated heterocycles. The average molecular weight is 650 g/mol. The molecule has 228 valence electrons. The van der Waals surface area contributed by atoms with Gasteiger partial charge in [0.2, 0.25) is 0 Å². The maximum atomic E-state index is 14.1. The molecule has 13 heteroatoms. The normalized spacial score (nSPS) is 14.6. The van der Waals surface area contributed by atoms with Crippen molar-refractivity contribution in [1.29, 1.82) is 0 Å². The highest BCUT2D eigenvalue weighted by atomic mass is 35.5. The molecule has 0 fully saturated rings. The topological polar surface area (TPSA) is 115 Å². The van der Waals surface area contributed by atoms with Crippen LogP contribution in [-0.2, 0) is 19.1 Å². The fourth-order valence-electron chi connectivity index (χ4n) is 4.51. The second-order valence-electron chi connectivity index (χ2n) is 9.05. The highest BCUT2D eigenvalue weighted by Gasteiger charge is 2.34. The van der Waals surface area contributed by atoms with E-state index in [0.717, 1.165) is 11.3 Å². The summed E-state index contributed by atoms with van der Waals surface area (Å²) in [5.74, 6) is -0.160. The Labute approximate surface area is 261 Å². The van der Waals surface area contributed by atoms with Gasteiger partial charge < -0.3 is 23.7 Å². The molecule has 0 bridgehead atoms. The maximum Gasteiger partial charge on any atom is 0.343 e. The zero-order valence-corrected chi connectivity index (χ0v) is 26.5. The van der Waals surface area contributed by atoms with E-state index >= 15 is 0 Å². The van der Waals surface area contributed by atoms with E-state index in [1.807, 2.05) is 6.92 Å². The van der Waals surface area contributed by atoms with E-state index in [1.54, 1.807) is 57.2 Å². The summed E-state index contributed by atoms with van der Waals surface area (Å²) >= 11 is 13.8. The molecule has 0 spiro atoms. The molecule has 0 unspecified atom stereocenters. The van der Waals surface area contributed by atoms with Gasteiger partial charge in [0.05, 0.1) is 53.8 Å². The molecule has 1 atom stereocenters. The van der Waals surface area contributed by atoms with E-state index in [2.05, 4.69) is 9.73 Å². The number of thiazole rings is 1. The number of carbonyl (C=O) groups is 2. The van der Waals surface area contributed by atoms with Crippen molar-refractivity contribution < 1.29 is 33.3 Å². The number of esters is 2. The molecule has 1 aliphatic heterocycles. The number of carbonyl (C=O) groups excluding carboxylic acids is 2. The number of fused-ring (bicyclic) bond motifs is 1. The van der Waals surface area contributed by atoms with Crippen molar-refractivity contribution in [2.75, 3.05) is 33.5 Å². The third-order valence-electron chi connectivity index (χ3n) is 6.29. The van der Waals surface area contributed by atoms with Gasteiger partial charge in [-0.15, -0.1) is 0 Å². The Kier molecular flexibility index (Phi) is 10.5. The zero-order chi connectivity index (χ0) is 31.3. The largest absolute Gasteiger partial charge is 0.492 e. The first-order valence-electron chi connectivity index (χ1n) is 13.4. The molecule has 0 amide bonds. The van der Waals surface area contributed by atoms with E-state index in [1.165, 1.54) is 11.7 Å². The summed E-state index contributed by atoms with van der Waals surface area (Å²) in [6.07, 6.45) is 1.64. The number of hydrogen-bond acceptors (Lipinski definition) is 10. The monoisotopic (exact) mass is 648 g/mol. The van der Waals surface area contributed by atoms with E-state index < -0.39 is 23.5 Å². The third kappa shape index (κ3) is 6.90. The Balaban J connectivity index is 1.94. The molecule has 0 aliphatic carbocycles. The second kappa shape index (κ2) is 14.1. The lowest BCUT2D eigenvalue weighted by Crippen LogP contribution is -2.40. The van der Waals surface area contributed by atoms with Gasteiger partial charge in [0, 0.05) is 10.6 Å². The van der Waals surface area contributed by atoms with Crippen molar-refractivity contribution in [2.45, 2.75) is 33.7 Å². The Morgan fingerprint density at radius 2 is 1.77 bits per heavy atom. The van der Waals surface area contributed by atoms with Crippen LogP contribution in [0.25, 0.3) is 6.08 Å². The minimum absolute atomic E-state index is 0.132. The van der Waals surface area contributed by atoms with Crippen LogP contribution in [0.1, 0.15) is 44.9 Å². The number of allylic oxidation sites excluding steroid dienone is 1. The zero-order valence-electron chi connectivity index (χ0n) is 24.2. The van der Waals surface area contributed by atoms with Crippen molar-refractivity contribution in [3.8, 4) is 17.2 Å². The van der Waals surface area contributed by atoms with Gasteiger partial charge in [-0.1, -0.05) is 40.6 Å². The molecule has 10 nitrogen and oxygen atoms in total. The molecule has 3 aromatic rings. The quantitative estimate of drug-likeness (QED) is 0.280.